The van der Waals surface area contributed by atoms with Crippen molar-refractivity contribution in [3.05, 3.63) is 18.5 Å². The Labute approximate surface area is 39.1 Å². The van der Waals surface area contributed by atoms with Crippen molar-refractivity contribution in [2.24, 2.45) is 0 Å². The molecule has 0 atom stereocenters. The second-order valence-corrected chi connectivity index (χ2v) is 0.688. The van der Waals surface area contributed by atoms with E-state index >= 15 is 0 Å². The van der Waals surface area contributed by atoms with E-state index < -0.39 is 0 Å². The number of aromatic nitrogens is 1. The normalized spacial score (nSPS) is 6.67. The van der Waals surface area contributed by atoms with Gasteiger partial charge < -0.3 is 4.52 Å². The zero-order valence-electron chi connectivity index (χ0n) is 3.03. The summed E-state index contributed by atoms with van der Waals surface area (Å²) in [6, 6.07) is 1.72. The first-order chi connectivity index (χ1) is 2.50. The maximum Gasteiger partial charge on any atom is 0.123 e. The Bertz CT molecular complexity index is 67.3. The lowest BCUT2D eigenvalue weighted by atomic mass is 10.8. The zero-order chi connectivity index (χ0) is 3.54. The summed E-state index contributed by atoms with van der Waals surface area (Å²) in [5.74, 6) is 0. The molecule has 0 aromatic carbocycles. The van der Waals surface area contributed by atoms with Gasteiger partial charge >= 0.3 is 0 Å². The largest absolute Gasteiger partial charge is 0.365 e. The standard InChI is InChI=1S/C3H3NO.P/c1-2-4-5-3-1;/h1-3H;. The molecular formula is C3H3NOP. The molecule has 0 bridgehead atoms. The van der Waals surface area contributed by atoms with Crippen LogP contribution in [0.1, 0.15) is 0 Å². The topological polar surface area (TPSA) is 26.0 Å². The Morgan fingerprint density at radius 1 is 1.50 bits per heavy atom. The molecule has 0 aliphatic rings. The monoisotopic (exact) mass is 100.0 g/mol. The molecule has 3 radical (unpaired) electrons. The second kappa shape index (κ2) is 2.86. The number of hydrogen-bond acceptors (Lipinski definition) is 2. The number of rotatable bonds is 0. The summed E-state index contributed by atoms with van der Waals surface area (Å²) >= 11 is 0. The van der Waals surface area contributed by atoms with Gasteiger partial charge in [0.2, 0.25) is 0 Å². The van der Waals surface area contributed by atoms with Gasteiger partial charge in [-0.05, 0) is 6.07 Å². The van der Waals surface area contributed by atoms with E-state index in [1.807, 2.05) is 0 Å². The first kappa shape index (κ1) is 5.64. The molecule has 0 fully saturated rings. The minimum absolute atomic E-state index is 0. The molecule has 1 heterocycles. The fraction of sp³-hybridized carbons (Fsp3) is 0. The van der Waals surface area contributed by atoms with E-state index in [0.29, 0.717) is 0 Å². The first-order valence-electron chi connectivity index (χ1n) is 1.34. The Morgan fingerprint density at radius 3 is 2.50 bits per heavy atom. The van der Waals surface area contributed by atoms with E-state index in [4.69, 9.17) is 0 Å². The smallest absolute Gasteiger partial charge is 0.123 e. The zero-order valence-corrected chi connectivity index (χ0v) is 3.93. The number of nitrogens with zero attached hydrogens (tertiary/aromatic N) is 1. The molecular weight excluding hydrogens is 97.0 g/mol. The molecule has 1 aromatic heterocycles. The van der Waals surface area contributed by atoms with Gasteiger partial charge in [0.05, 0.1) is 6.20 Å². The highest BCUT2D eigenvalue weighted by Gasteiger charge is 1.60. The molecule has 0 aliphatic carbocycles. The van der Waals surface area contributed by atoms with Crippen LogP contribution in [0.2, 0.25) is 0 Å². The van der Waals surface area contributed by atoms with E-state index in [1.165, 1.54) is 6.26 Å². The van der Waals surface area contributed by atoms with Crippen LogP contribution in [0.3, 0.4) is 0 Å². The van der Waals surface area contributed by atoms with Crippen LogP contribution >= 0.6 is 9.90 Å². The van der Waals surface area contributed by atoms with Gasteiger partial charge in [-0.3, -0.25) is 0 Å². The second-order valence-electron chi connectivity index (χ2n) is 0.688. The highest BCUT2D eigenvalue weighted by molar-refractivity contribution is 6.92. The third-order valence-electron chi connectivity index (χ3n) is 0.347. The predicted octanol–water partition coefficient (Wildman–Crippen LogP) is 1.54. The lowest BCUT2D eigenvalue weighted by molar-refractivity contribution is 0.420. The summed E-state index contributed by atoms with van der Waals surface area (Å²) in [6.07, 6.45) is 3.10. The van der Waals surface area contributed by atoms with E-state index in [2.05, 4.69) is 9.68 Å². The summed E-state index contributed by atoms with van der Waals surface area (Å²) in [6.45, 7) is 0. The molecule has 2 nitrogen and oxygen atoms in total. The van der Waals surface area contributed by atoms with Gasteiger partial charge in [-0.15, -0.1) is 0 Å². The predicted molar refractivity (Wildman–Crippen MR) is 23.4 cm³/mol. The molecule has 1 aromatic rings. The molecule has 0 saturated carbocycles. The summed E-state index contributed by atoms with van der Waals surface area (Å²) in [4.78, 5) is 0. The van der Waals surface area contributed by atoms with E-state index in [-0.39, 0.29) is 9.90 Å². The quantitative estimate of drug-likeness (QED) is 0.462. The van der Waals surface area contributed by atoms with Crippen molar-refractivity contribution >= 4 is 9.90 Å². The molecule has 0 N–H and O–H groups in total. The van der Waals surface area contributed by atoms with Crippen LogP contribution in [0.15, 0.2) is 23.0 Å². The summed E-state index contributed by atoms with van der Waals surface area (Å²) in [5.41, 5.74) is 0. The van der Waals surface area contributed by atoms with E-state index in [1.54, 1.807) is 12.3 Å². The highest BCUT2D eigenvalue weighted by Crippen LogP contribution is 1.72. The summed E-state index contributed by atoms with van der Waals surface area (Å²) < 4.78 is 4.33. The van der Waals surface area contributed by atoms with Gasteiger partial charge in [0, 0.05) is 9.90 Å². The van der Waals surface area contributed by atoms with Crippen LogP contribution < -0.4 is 0 Å². The molecule has 0 saturated heterocycles. The minimum Gasteiger partial charge on any atom is -0.365 e. The molecule has 0 amide bonds. The Hall–Kier alpha value is -0.360. The number of hydrogen-bond donors (Lipinski definition) is 0. The maximum atomic E-state index is 4.33. The molecule has 0 unspecified atom stereocenters. The fourth-order valence-electron chi connectivity index (χ4n) is 0.176. The average molecular weight is 100 g/mol. The van der Waals surface area contributed by atoms with Crippen LogP contribution in [0, 0.1) is 0 Å². The van der Waals surface area contributed by atoms with Gasteiger partial charge in [0.25, 0.3) is 0 Å². The molecule has 31 valence electrons. The van der Waals surface area contributed by atoms with Crippen LogP contribution in [0.25, 0.3) is 0 Å². The van der Waals surface area contributed by atoms with Crippen molar-refractivity contribution in [1.29, 1.82) is 0 Å². The van der Waals surface area contributed by atoms with Crippen LogP contribution in [0.5, 0.6) is 0 Å². The Morgan fingerprint density at radius 2 is 2.33 bits per heavy atom. The fourth-order valence-corrected chi connectivity index (χ4v) is 0.176. The van der Waals surface area contributed by atoms with Crippen LogP contribution in [-0.2, 0) is 0 Å². The Balaban J connectivity index is 0.000000250. The van der Waals surface area contributed by atoms with Gasteiger partial charge in [-0.2, -0.15) is 0 Å². The van der Waals surface area contributed by atoms with E-state index in [9.17, 15) is 0 Å². The molecule has 6 heavy (non-hydrogen) atoms. The van der Waals surface area contributed by atoms with Crippen LogP contribution in [0.4, 0.5) is 0 Å². The van der Waals surface area contributed by atoms with Gasteiger partial charge in [-0.25, -0.2) is 0 Å². The van der Waals surface area contributed by atoms with Gasteiger partial charge in [0.15, 0.2) is 0 Å². The molecule has 3 heteroatoms. The highest BCUT2D eigenvalue weighted by atomic mass is 31.0. The van der Waals surface area contributed by atoms with Crippen molar-refractivity contribution in [2.75, 3.05) is 0 Å². The summed E-state index contributed by atoms with van der Waals surface area (Å²) in [7, 11) is 0. The third kappa shape index (κ3) is 1.18. The lowest BCUT2D eigenvalue weighted by Crippen LogP contribution is -1.38. The lowest BCUT2D eigenvalue weighted by Gasteiger charge is -1.48. The molecule has 1 rings (SSSR count). The van der Waals surface area contributed by atoms with Gasteiger partial charge in [0.1, 0.15) is 6.26 Å². The van der Waals surface area contributed by atoms with Crippen molar-refractivity contribution in [2.45, 2.75) is 0 Å². The SMILES string of the molecule is [P].c1cnoc1. The van der Waals surface area contributed by atoms with Crippen LogP contribution in [-0.4, -0.2) is 5.16 Å². The van der Waals surface area contributed by atoms with Crippen molar-refractivity contribution in [1.82, 2.24) is 5.16 Å². The van der Waals surface area contributed by atoms with Crippen molar-refractivity contribution < 1.29 is 4.52 Å². The van der Waals surface area contributed by atoms with Crippen molar-refractivity contribution in [3.8, 4) is 0 Å². The van der Waals surface area contributed by atoms with E-state index in [0.717, 1.165) is 0 Å². The molecule has 0 aliphatic heterocycles. The first-order valence-corrected chi connectivity index (χ1v) is 1.34. The average Bonchev–Trinajstić information content (AvgIpc) is 1.76. The minimum atomic E-state index is 0. The van der Waals surface area contributed by atoms with Gasteiger partial charge in [-0.1, -0.05) is 5.16 Å². The Kier molecular flexibility index (Phi) is 2.68. The maximum absolute atomic E-state index is 4.33. The summed E-state index contributed by atoms with van der Waals surface area (Å²) in [5, 5.41) is 3.35. The molecule has 0 spiro atoms. The van der Waals surface area contributed by atoms with Crippen molar-refractivity contribution in [3.63, 3.8) is 0 Å². The third-order valence-corrected chi connectivity index (χ3v) is 0.347.